The van der Waals surface area contributed by atoms with Crippen LogP contribution in [0.5, 0.6) is 0 Å². The van der Waals surface area contributed by atoms with E-state index in [0.29, 0.717) is 18.6 Å². The first-order valence-corrected chi connectivity index (χ1v) is 16.5. The first-order chi connectivity index (χ1) is 21.0. The largest absolute Gasteiger partial charge is 0.390 e. The lowest BCUT2D eigenvalue weighted by atomic mass is 9.70. The third-order valence-corrected chi connectivity index (χ3v) is 12.4. The molecule has 2 bridgehead atoms. The number of carbonyl (C=O) groups is 2. The number of fused-ring (bicyclic) bond motifs is 2. The second-order valence-electron chi connectivity index (χ2n) is 12.5. The van der Waals surface area contributed by atoms with Crippen LogP contribution in [0.15, 0.2) is 35.2 Å². The SMILES string of the molecule is C[C@H]1CC2C[C@@H](S(=O)(=O)c3cc(C(=O)Nc4cc(F)c(F)c(F)c4)ccc3Cl)C[C@H]1[C@@]2(O)C(O)CNC(=O)C1CC(O)C(O)C1. The Morgan fingerprint density at radius 1 is 1.02 bits per heavy atom. The zero-order valence-corrected chi connectivity index (χ0v) is 25.7. The van der Waals surface area contributed by atoms with E-state index in [0.717, 1.165) is 6.07 Å². The molecule has 5 rings (SSSR count). The molecule has 15 heteroatoms. The minimum absolute atomic E-state index is 0.0351. The van der Waals surface area contributed by atoms with Crippen LogP contribution in [0.1, 0.15) is 49.4 Å². The number of sulfone groups is 1. The van der Waals surface area contributed by atoms with Gasteiger partial charge in [0.2, 0.25) is 5.91 Å². The van der Waals surface area contributed by atoms with Crippen LogP contribution in [-0.4, -0.2) is 76.4 Å². The molecule has 0 radical (unpaired) electrons. The lowest BCUT2D eigenvalue weighted by molar-refractivity contribution is -0.147. The molecule has 2 aromatic rings. The van der Waals surface area contributed by atoms with E-state index in [1.165, 1.54) is 12.1 Å². The van der Waals surface area contributed by atoms with Gasteiger partial charge in [0, 0.05) is 35.8 Å². The first-order valence-electron chi connectivity index (χ1n) is 14.6. The van der Waals surface area contributed by atoms with Crippen molar-refractivity contribution in [3.05, 3.63) is 58.4 Å². The van der Waals surface area contributed by atoms with Crippen molar-refractivity contribution in [1.82, 2.24) is 5.32 Å². The fraction of sp³-hybridized carbons (Fsp3) is 0.533. The molecule has 2 amide bonds. The Labute approximate surface area is 262 Å². The van der Waals surface area contributed by atoms with E-state index in [4.69, 9.17) is 11.6 Å². The van der Waals surface area contributed by atoms with Crippen LogP contribution in [0.25, 0.3) is 0 Å². The lowest BCUT2D eigenvalue weighted by Crippen LogP contribution is -2.59. The van der Waals surface area contributed by atoms with Gasteiger partial charge in [-0.05, 0) is 68.1 Å². The topological polar surface area (TPSA) is 173 Å². The average Bonchev–Trinajstić information content (AvgIpc) is 3.35. The Morgan fingerprint density at radius 3 is 2.24 bits per heavy atom. The summed E-state index contributed by atoms with van der Waals surface area (Å²) in [4.78, 5) is 25.0. The third kappa shape index (κ3) is 6.20. The lowest BCUT2D eigenvalue weighted by Gasteiger charge is -2.46. The van der Waals surface area contributed by atoms with Crippen molar-refractivity contribution in [1.29, 1.82) is 0 Å². The summed E-state index contributed by atoms with van der Waals surface area (Å²) >= 11 is 6.28. The van der Waals surface area contributed by atoms with Gasteiger partial charge in [-0.25, -0.2) is 21.6 Å². The van der Waals surface area contributed by atoms with E-state index in [1.54, 1.807) is 0 Å². The summed E-state index contributed by atoms with van der Waals surface area (Å²) in [6.45, 7) is 1.54. The third-order valence-electron chi connectivity index (χ3n) is 9.71. The van der Waals surface area contributed by atoms with Gasteiger partial charge in [0.05, 0.1) is 33.0 Å². The number of nitrogens with one attached hydrogen (secondary N) is 2. The monoisotopic (exact) mass is 674 g/mol. The van der Waals surface area contributed by atoms with Gasteiger partial charge in [-0.2, -0.15) is 0 Å². The number of carbonyl (C=O) groups excluding carboxylic acids is 2. The standard InChI is InChI=1S/C30H34ClF3N2O8S/c1-13-4-16-8-18(11-19(13)30(16,42)26(39)12-35-28(40)15-5-23(37)24(38)6-15)45(43,44)25-7-14(2-3-20(25)31)29(41)36-17-9-21(32)27(34)22(33)10-17/h2-3,7,9-10,13,15-16,18-19,23-24,26,37-39,42H,4-6,8,11-12H2,1H3,(H,35,40)(H,36,41)/t13-,15?,16?,18+,19+,23?,24?,26?,30+/m0/s1. The van der Waals surface area contributed by atoms with Gasteiger partial charge >= 0.3 is 0 Å². The van der Waals surface area contributed by atoms with E-state index in [-0.39, 0.29) is 59.3 Å². The van der Waals surface area contributed by atoms with Crippen LogP contribution in [0.3, 0.4) is 0 Å². The first kappa shape index (κ1) is 33.6. The molecule has 0 heterocycles. The zero-order chi connectivity index (χ0) is 33.0. The zero-order valence-electron chi connectivity index (χ0n) is 24.1. The molecule has 8 atom stereocenters. The fourth-order valence-electron chi connectivity index (χ4n) is 7.32. The molecule has 3 aliphatic carbocycles. The van der Waals surface area contributed by atoms with Crippen molar-refractivity contribution in [2.75, 3.05) is 11.9 Å². The molecule has 0 spiro atoms. The number of benzene rings is 2. The van der Waals surface area contributed by atoms with E-state index >= 15 is 0 Å². The summed E-state index contributed by atoms with van der Waals surface area (Å²) in [6, 6.07) is 4.60. The quantitative estimate of drug-likeness (QED) is 0.232. The number of amides is 2. The summed E-state index contributed by atoms with van der Waals surface area (Å²) in [6.07, 6.45) is -2.96. The Kier molecular flexibility index (Phi) is 9.30. The molecule has 3 saturated carbocycles. The summed E-state index contributed by atoms with van der Waals surface area (Å²) in [5, 5.41) is 45.9. The van der Waals surface area contributed by atoms with Crippen LogP contribution in [0.2, 0.25) is 5.02 Å². The van der Waals surface area contributed by atoms with Gasteiger partial charge < -0.3 is 31.1 Å². The van der Waals surface area contributed by atoms with Crippen molar-refractivity contribution in [3.63, 3.8) is 0 Å². The van der Waals surface area contributed by atoms with Crippen LogP contribution < -0.4 is 10.6 Å². The molecule has 6 N–H and O–H groups in total. The predicted molar refractivity (Wildman–Crippen MR) is 155 cm³/mol. The molecule has 0 aliphatic heterocycles. The molecular weight excluding hydrogens is 641 g/mol. The van der Waals surface area contributed by atoms with Gasteiger partial charge in [-0.1, -0.05) is 18.5 Å². The van der Waals surface area contributed by atoms with Crippen LogP contribution in [0.4, 0.5) is 18.9 Å². The summed E-state index contributed by atoms with van der Waals surface area (Å²) in [7, 11) is -4.20. The second kappa shape index (κ2) is 12.5. The maximum absolute atomic E-state index is 13.9. The second-order valence-corrected chi connectivity index (χ2v) is 15.1. The Balaban J connectivity index is 1.31. The fourth-order valence-corrected chi connectivity index (χ4v) is 9.70. The molecule has 0 aromatic heterocycles. The van der Waals surface area contributed by atoms with Crippen LogP contribution >= 0.6 is 11.6 Å². The molecule has 246 valence electrons. The van der Waals surface area contributed by atoms with E-state index in [2.05, 4.69) is 10.6 Å². The smallest absolute Gasteiger partial charge is 0.255 e. The number of aliphatic hydroxyl groups is 4. The van der Waals surface area contributed by atoms with E-state index in [1.807, 2.05) is 6.92 Å². The highest BCUT2D eigenvalue weighted by Crippen LogP contribution is 2.56. The highest BCUT2D eigenvalue weighted by Gasteiger charge is 2.61. The number of rotatable bonds is 8. The van der Waals surface area contributed by atoms with Gasteiger partial charge in [-0.15, -0.1) is 0 Å². The molecule has 45 heavy (non-hydrogen) atoms. The van der Waals surface area contributed by atoms with Crippen molar-refractivity contribution in [3.8, 4) is 0 Å². The van der Waals surface area contributed by atoms with Crippen molar-refractivity contribution in [2.24, 2.45) is 23.7 Å². The highest BCUT2D eigenvalue weighted by molar-refractivity contribution is 7.92. The Morgan fingerprint density at radius 2 is 1.64 bits per heavy atom. The summed E-state index contributed by atoms with van der Waals surface area (Å²) < 4.78 is 68.3. The highest BCUT2D eigenvalue weighted by atomic mass is 35.5. The molecule has 3 aliphatic rings. The maximum Gasteiger partial charge on any atom is 0.255 e. The maximum atomic E-state index is 13.9. The van der Waals surface area contributed by atoms with Gasteiger partial charge in [0.1, 0.15) is 6.10 Å². The number of aliphatic hydroxyl groups excluding tert-OH is 3. The Bertz CT molecular complexity index is 1580. The normalized spacial score (nSPS) is 31.9. The van der Waals surface area contributed by atoms with Gasteiger partial charge in [0.25, 0.3) is 5.91 Å². The van der Waals surface area contributed by atoms with Gasteiger partial charge in [-0.3, -0.25) is 9.59 Å². The predicted octanol–water partition coefficient (Wildman–Crippen LogP) is 2.56. The number of halogens is 4. The minimum Gasteiger partial charge on any atom is -0.390 e. The molecular formula is C30H34ClF3N2O8S. The van der Waals surface area contributed by atoms with Crippen LogP contribution in [-0.2, 0) is 14.6 Å². The van der Waals surface area contributed by atoms with E-state index < -0.39 is 86.0 Å². The summed E-state index contributed by atoms with van der Waals surface area (Å²) in [5.74, 6) is -8.28. The van der Waals surface area contributed by atoms with Gasteiger partial charge in [0.15, 0.2) is 27.3 Å². The minimum atomic E-state index is -4.20. The Hall–Kier alpha value is -2.75. The molecule has 3 fully saturated rings. The van der Waals surface area contributed by atoms with E-state index in [9.17, 15) is 51.6 Å². The number of hydrogen-bond acceptors (Lipinski definition) is 8. The molecule has 2 aromatic carbocycles. The van der Waals surface area contributed by atoms with Crippen molar-refractivity contribution < 1.29 is 51.6 Å². The summed E-state index contributed by atoms with van der Waals surface area (Å²) in [5.41, 5.74) is -2.28. The van der Waals surface area contributed by atoms with Crippen molar-refractivity contribution in [2.45, 2.75) is 73.1 Å². The molecule has 4 unspecified atom stereocenters. The number of anilines is 1. The molecule has 10 nitrogen and oxygen atoms in total. The number of hydrogen-bond donors (Lipinski definition) is 6. The average molecular weight is 675 g/mol. The molecule has 0 saturated heterocycles. The van der Waals surface area contributed by atoms with Crippen molar-refractivity contribution >= 4 is 38.9 Å². The van der Waals surface area contributed by atoms with Crippen LogP contribution in [0, 0.1) is 41.1 Å².